The molecule has 1 aliphatic rings. The maximum absolute atomic E-state index is 13.6. The Hall–Kier alpha value is -3.32. The molecule has 0 unspecified atom stereocenters. The molecule has 0 aliphatic carbocycles. The van der Waals surface area contributed by atoms with E-state index in [1.807, 2.05) is 0 Å². The Bertz CT molecular complexity index is 1150. The molecule has 2 amide bonds. The summed E-state index contributed by atoms with van der Waals surface area (Å²) in [6.07, 6.45) is 0. The highest BCUT2D eigenvalue weighted by Crippen LogP contribution is 2.34. The molecule has 0 spiro atoms. The fraction of sp³-hybridized carbons (Fsp3) is 0. The zero-order valence-electron chi connectivity index (χ0n) is 14.8. The fourth-order valence-electron chi connectivity index (χ4n) is 3.06. The van der Waals surface area contributed by atoms with E-state index in [1.54, 1.807) is 54.6 Å². The normalized spacial score (nSPS) is 14.0. The van der Waals surface area contributed by atoms with Gasteiger partial charge in [-0.2, -0.15) is 0 Å². The van der Waals surface area contributed by atoms with Gasteiger partial charge in [0.2, 0.25) is 0 Å². The Balaban J connectivity index is 1.81. The lowest BCUT2D eigenvalue weighted by atomic mass is 10.0. The summed E-state index contributed by atoms with van der Waals surface area (Å²) in [4.78, 5) is 27.4. The Morgan fingerprint density at radius 3 is 2.14 bits per heavy atom. The van der Waals surface area contributed by atoms with E-state index in [4.69, 9.17) is 0 Å². The van der Waals surface area contributed by atoms with Gasteiger partial charge in [0.15, 0.2) is 11.6 Å². The van der Waals surface area contributed by atoms with Crippen molar-refractivity contribution in [1.29, 1.82) is 0 Å². The van der Waals surface area contributed by atoms with Crippen molar-refractivity contribution >= 4 is 44.7 Å². The molecule has 1 heterocycles. The average molecular weight is 455 g/mol. The van der Waals surface area contributed by atoms with E-state index in [0.717, 1.165) is 21.5 Å². The minimum Gasteiger partial charge on any atom is -0.350 e. The Kier molecular flexibility index (Phi) is 4.98. The molecule has 7 heteroatoms. The molecule has 0 bridgehead atoms. The number of anilines is 2. The predicted octanol–water partition coefficient (Wildman–Crippen LogP) is 5.12. The van der Waals surface area contributed by atoms with Gasteiger partial charge in [0.05, 0.1) is 11.3 Å². The number of imide groups is 1. The van der Waals surface area contributed by atoms with Crippen LogP contribution in [0.25, 0.3) is 5.57 Å². The SMILES string of the molecule is O=C1C(Nc2ccc(F)c(F)c2)=C(c2ccccc2)C(=O)N1c1ccc(Br)cc1. The number of carbonyl (C=O) groups excluding carboxylic acids is 2. The first-order valence-electron chi connectivity index (χ1n) is 8.62. The molecule has 1 N–H and O–H groups in total. The van der Waals surface area contributed by atoms with Crippen LogP contribution < -0.4 is 10.2 Å². The van der Waals surface area contributed by atoms with Gasteiger partial charge >= 0.3 is 0 Å². The van der Waals surface area contributed by atoms with Crippen LogP contribution in [-0.2, 0) is 9.59 Å². The molecule has 0 radical (unpaired) electrons. The van der Waals surface area contributed by atoms with E-state index in [1.165, 1.54) is 6.07 Å². The number of halogens is 3. The summed E-state index contributed by atoms with van der Waals surface area (Å²) in [5.74, 6) is -3.15. The summed E-state index contributed by atoms with van der Waals surface area (Å²) in [7, 11) is 0. The van der Waals surface area contributed by atoms with Crippen LogP contribution in [0, 0.1) is 11.6 Å². The smallest absolute Gasteiger partial charge is 0.282 e. The van der Waals surface area contributed by atoms with Crippen molar-refractivity contribution in [3.8, 4) is 0 Å². The molecule has 4 nitrogen and oxygen atoms in total. The molecule has 0 fully saturated rings. The fourth-order valence-corrected chi connectivity index (χ4v) is 3.33. The Morgan fingerprint density at radius 2 is 1.48 bits per heavy atom. The molecule has 144 valence electrons. The van der Waals surface area contributed by atoms with Crippen LogP contribution in [0.2, 0.25) is 0 Å². The second kappa shape index (κ2) is 7.60. The van der Waals surface area contributed by atoms with E-state index in [0.29, 0.717) is 11.3 Å². The summed E-state index contributed by atoms with van der Waals surface area (Å²) in [5.41, 5.74) is 1.25. The van der Waals surface area contributed by atoms with Crippen molar-refractivity contribution in [1.82, 2.24) is 0 Å². The molecule has 1 aliphatic heterocycles. The number of benzene rings is 3. The van der Waals surface area contributed by atoms with Crippen LogP contribution in [0.15, 0.2) is 83.0 Å². The third kappa shape index (κ3) is 3.56. The lowest BCUT2D eigenvalue weighted by Crippen LogP contribution is -2.32. The molecular weight excluding hydrogens is 442 g/mol. The molecule has 0 saturated carbocycles. The van der Waals surface area contributed by atoms with E-state index in [9.17, 15) is 18.4 Å². The lowest BCUT2D eigenvalue weighted by Gasteiger charge is -2.15. The van der Waals surface area contributed by atoms with Gasteiger partial charge in [-0.25, -0.2) is 13.7 Å². The third-order valence-electron chi connectivity index (χ3n) is 4.42. The predicted molar refractivity (Wildman–Crippen MR) is 110 cm³/mol. The van der Waals surface area contributed by atoms with Gasteiger partial charge in [-0.15, -0.1) is 0 Å². The van der Waals surface area contributed by atoms with E-state index >= 15 is 0 Å². The van der Waals surface area contributed by atoms with Crippen LogP contribution in [-0.4, -0.2) is 11.8 Å². The maximum Gasteiger partial charge on any atom is 0.282 e. The minimum atomic E-state index is -1.06. The van der Waals surface area contributed by atoms with E-state index < -0.39 is 23.4 Å². The molecule has 0 atom stereocenters. The average Bonchev–Trinajstić information content (AvgIpc) is 2.96. The van der Waals surface area contributed by atoms with Crippen molar-refractivity contribution in [2.45, 2.75) is 0 Å². The van der Waals surface area contributed by atoms with Crippen molar-refractivity contribution in [3.63, 3.8) is 0 Å². The molecule has 29 heavy (non-hydrogen) atoms. The number of nitrogens with one attached hydrogen (secondary N) is 1. The molecule has 0 aromatic heterocycles. The van der Waals surface area contributed by atoms with E-state index in [-0.39, 0.29) is 17.0 Å². The number of nitrogens with zero attached hydrogens (tertiary/aromatic N) is 1. The van der Waals surface area contributed by atoms with Crippen LogP contribution >= 0.6 is 15.9 Å². The largest absolute Gasteiger partial charge is 0.350 e. The highest BCUT2D eigenvalue weighted by molar-refractivity contribution is 9.10. The molecule has 4 rings (SSSR count). The van der Waals surface area contributed by atoms with Crippen molar-refractivity contribution in [2.75, 3.05) is 10.2 Å². The summed E-state index contributed by atoms with van der Waals surface area (Å²) in [5, 5.41) is 2.80. The number of carbonyl (C=O) groups is 2. The third-order valence-corrected chi connectivity index (χ3v) is 4.95. The Labute approximate surface area is 173 Å². The van der Waals surface area contributed by atoms with Crippen molar-refractivity contribution < 1.29 is 18.4 Å². The maximum atomic E-state index is 13.6. The Morgan fingerprint density at radius 1 is 0.793 bits per heavy atom. The standard InChI is InChI=1S/C22H13BrF2N2O2/c23-14-6-9-16(10-7-14)27-21(28)19(13-4-2-1-3-5-13)20(22(27)29)26-15-8-11-17(24)18(25)12-15/h1-12,26H. The van der Waals surface area contributed by atoms with Gasteiger partial charge in [0.25, 0.3) is 11.8 Å². The second-order valence-corrected chi connectivity index (χ2v) is 7.21. The minimum absolute atomic E-state index is 0.00451. The van der Waals surface area contributed by atoms with Crippen LogP contribution in [0.4, 0.5) is 20.2 Å². The van der Waals surface area contributed by atoms with Gasteiger partial charge in [0, 0.05) is 16.2 Å². The van der Waals surface area contributed by atoms with Crippen molar-refractivity contribution in [3.05, 3.63) is 100 Å². The number of hydrogen-bond donors (Lipinski definition) is 1. The number of hydrogen-bond acceptors (Lipinski definition) is 3. The first-order valence-corrected chi connectivity index (χ1v) is 9.41. The van der Waals surface area contributed by atoms with Crippen LogP contribution in [0.3, 0.4) is 0 Å². The van der Waals surface area contributed by atoms with Gasteiger partial charge in [-0.3, -0.25) is 9.59 Å². The highest BCUT2D eigenvalue weighted by Gasteiger charge is 2.40. The second-order valence-electron chi connectivity index (χ2n) is 6.29. The van der Waals surface area contributed by atoms with Gasteiger partial charge < -0.3 is 5.32 Å². The topological polar surface area (TPSA) is 49.4 Å². The molecule has 3 aromatic rings. The van der Waals surface area contributed by atoms with E-state index in [2.05, 4.69) is 21.2 Å². The summed E-state index contributed by atoms with van der Waals surface area (Å²) >= 11 is 3.32. The van der Waals surface area contributed by atoms with Gasteiger partial charge in [-0.05, 0) is 42.0 Å². The van der Waals surface area contributed by atoms with Crippen LogP contribution in [0.5, 0.6) is 0 Å². The highest BCUT2D eigenvalue weighted by atomic mass is 79.9. The zero-order chi connectivity index (χ0) is 20.5. The van der Waals surface area contributed by atoms with Crippen LogP contribution in [0.1, 0.15) is 5.56 Å². The van der Waals surface area contributed by atoms with Gasteiger partial charge in [-0.1, -0.05) is 46.3 Å². The monoisotopic (exact) mass is 454 g/mol. The first-order chi connectivity index (χ1) is 14.0. The quantitative estimate of drug-likeness (QED) is 0.556. The summed E-state index contributed by atoms with van der Waals surface area (Å²) in [6.45, 7) is 0. The zero-order valence-corrected chi connectivity index (χ0v) is 16.4. The summed E-state index contributed by atoms with van der Waals surface area (Å²) in [6, 6.07) is 18.6. The number of rotatable bonds is 4. The van der Waals surface area contributed by atoms with Gasteiger partial charge in [0.1, 0.15) is 5.70 Å². The number of amides is 2. The molecule has 0 saturated heterocycles. The first kappa shape index (κ1) is 19.0. The summed E-state index contributed by atoms with van der Waals surface area (Å²) < 4.78 is 27.7. The lowest BCUT2D eigenvalue weighted by molar-refractivity contribution is -0.120. The van der Waals surface area contributed by atoms with Crippen molar-refractivity contribution in [2.24, 2.45) is 0 Å². The molecular formula is C22H13BrF2N2O2. The molecule has 3 aromatic carbocycles.